The molecule has 1 N–H and O–H groups in total. The number of hydrogen-bond acceptors (Lipinski definition) is 5. The van der Waals surface area contributed by atoms with Gasteiger partial charge in [-0.1, -0.05) is 24.3 Å². The Morgan fingerprint density at radius 2 is 1.76 bits per heavy atom. The number of nitrogens with zero attached hydrogens (tertiary/aromatic N) is 1. The molecule has 0 aliphatic carbocycles. The van der Waals surface area contributed by atoms with Crippen LogP contribution in [0.25, 0.3) is 6.08 Å². The van der Waals surface area contributed by atoms with Crippen molar-refractivity contribution in [3.05, 3.63) is 90.3 Å². The maximum Gasteiger partial charge on any atom is 0.331 e. The summed E-state index contributed by atoms with van der Waals surface area (Å²) in [5.41, 5.74) is 2.38. The van der Waals surface area contributed by atoms with Crippen LogP contribution in [-0.4, -0.2) is 16.9 Å². The summed E-state index contributed by atoms with van der Waals surface area (Å²) in [6.07, 6.45) is 6.34. The van der Waals surface area contributed by atoms with E-state index in [2.05, 4.69) is 10.3 Å². The molecule has 6 heteroatoms. The van der Waals surface area contributed by atoms with E-state index >= 15 is 0 Å². The van der Waals surface area contributed by atoms with Crippen LogP contribution in [0, 0.1) is 0 Å². The highest BCUT2D eigenvalue weighted by molar-refractivity contribution is 5.89. The van der Waals surface area contributed by atoms with Gasteiger partial charge in [0.25, 0.3) is 0 Å². The Morgan fingerprint density at radius 3 is 2.41 bits per heavy atom. The number of anilines is 1. The van der Waals surface area contributed by atoms with Gasteiger partial charge in [0.2, 0.25) is 5.91 Å². The van der Waals surface area contributed by atoms with E-state index in [1.54, 1.807) is 48.8 Å². The molecule has 0 spiro atoms. The Bertz CT molecular complexity index is 982. The highest BCUT2D eigenvalue weighted by atomic mass is 16.5. The van der Waals surface area contributed by atoms with Gasteiger partial charge in [0.15, 0.2) is 0 Å². The number of hydrogen-bond donors (Lipinski definition) is 1. The summed E-state index contributed by atoms with van der Waals surface area (Å²) < 4.78 is 10.9. The Kier molecular flexibility index (Phi) is 6.73. The smallest absolute Gasteiger partial charge is 0.331 e. The van der Waals surface area contributed by atoms with E-state index in [0.29, 0.717) is 17.2 Å². The minimum absolute atomic E-state index is 0.131. The van der Waals surface area contributed by atoms with Crippen LogP contribution in [0.5, 0.6) is 11.5 Å². The second-order valence-electron chi connectivity index (χ2n) is 6.18. The maximum absolute atomic E-state index is 11.9. The number of amides is 1. The average Bonchev–Trinajstić information content (AvgIpc) is 2.73. The van der Waals surface area contributed by atoms with Crippen LogP contribution in [0.15, 0.2) is 79.1 Å². The van der Waals surface area contributed by atoms with Crippen LogP contribution < -0.4 is 10.1 Å². The standard InChI is InChI=1S/C23H20N2O4/c1-17(26)25-20-9-4-18(5-10-20)8-13-23(27)28-16-19-6-11-21(12-7-19)29-22-3-2-14-24-15-22/h2-15H,16H2,1H3,(H,25,26)/b13-8+. The predicted octanol–water partition coefficient (Wildman–Crippen LogP) is 4.59. The molecule has 0 fully saturated rings. The van der Waals surface area contributed by atoms with Crippen molar-refractivity contribution in [2.75, 3.05) is 5.32 Å². The van der Waals surface area contributed by atoms with Gasteiger partial charge in [-0.05, 0) is 53.6 Å². The third kappa shape index (κ3) is 6.62. The van der Waals surface area contributed by atoms with Gasteiger partial charge in [-0.2, -0.15) is 0 Å². The van der Waals surface area contributed by atoms with Crippen molar-refractivity contribution in [2.24, 2.45) is 0 Å². The van der Waals surface area contributed by atoms with E-state index in [0.717, 1.165) is 11.1 Å². The zero-order valence-corrected chi connectivity index (χ0v) is 15.9. The summed E-state index contributed by atoms with van der Waals surface area (Å²) >= 11 is 0. The van der Waals surface area contributed by atoms with Crippen LogP contribution >= 0.6 is 0 Å². The van der Waals surface area contributed by atoms with Gasteiger partial charge in [-0.15, -0.1) is 0 Å². The molecule has 1 heterocycles. The van der Waals surface area contributed by atoms with E-state index in [1.165, 1.54) is 13.0 Å². The molecule has 3 rings (SSSR count). The first-order valence-corrected chi connectivity index (χ1v) is 8.98. The maximum atomic E-state index is 11.9. The van der Waals surface area contributed by atoms with Crippen molar-refractivity contribution in [1.29, 1.82) is 0 Å². The number of rotatable bonds is 7. The molecular weight excluding hydrogens is 368 g/mol. The summed E-state index contributed by atoms with van der Waals surface area (Å²) in [5, 5.41) is 2.69. The van der Waals surface area contributed by atoms with Crippen LogP contribution in [0.2, 0.25) is 0 Å². The molecule has 29 heavy (non-hydrogen) atoms. The lowest BCUT2D eigenvalue weighted by Crippen LogP contribution is -2.05. The molecule has 0 bridgehead atoms. The van der Waals surface area contributed by atoms with Gasteiger partial charge in [-0.25, -0.2) is 4.79 Å². The third-order valence-electron chi connectivity index (χ3n) is 3.82. The lowest BCUT2D eigenvalue weighted by Gasteiger charge is -2.06. The zero-order chi connectivity index (χ0) is 20.5. The minimum Gasteiger partial charge on any atom is -0.458 e. The van der Waals surface area contributed by atoms with E-state index in [4.69, 9.17) is 9.47 Å². The fourth-order valence-electron chi connectivity index (χ4n) is 2.44. The first-order valence-electron chi connectivity index (χ1n) is 8.98. The second-order valence-corrected chi connectivity index (χ2v) is 6.18. The topological polar surface area (TPSA) is 77.5 Å². The average molecular weight is 388 g/mol. The Balaban J connectivity index is 1.47. The van der Waals surface area contributed by atoms with Gasteiger partial charge in [0.05, 0.1) is 6.20 Å². The molecule has 6 nitrogen and oxygen atoms in total. The van der Waals surface area contributed by atoms with Gasteiger partial charge in [0, 0.05) is 24.9 Å². The third-order valence-corrected chi connectivity index (χ3v) is 3.82. The molecule has 0 saturated carbocycles. The number of ether oxygens (including phenoxy) is 2. The van der Waals surface area contributed by atoms with Gasteiger partial charge in [-0.3, -0.25) is 9.78 Å². The van der Waals surface area contributed by atoms with Crippen LogP contribution in [-0.2, 0) is 20.9 Å². The molecule has 0 unspecified atom stereocenters. The monoisotopic (exact) mass is 388 g/mol. The molecular formula is C23H20N2O4. The number of aromatic nitrogens is 1. The molecule has 146 valence electrons. The fraction of sp³-hybridized carbons (Fsp3) is 0.0870. The number of benzene rings is 2. The highest BCUT2D eigenvalue weighted by Gasteiger charge is 2.02. The summed E-state index contributed by atoms with van der Waals surface area (Å²) in [5.74, 6) is 0.762. The molecule has 0 atom stereocenters. The lowest BCUT2D eigenvalue weighted by atomic mass is 10.2. The van der Waals surface area contributed by atoms with Crippen molar-refractivity contribution in [3.63, 3.8) is 0 Å². The molecule has 1 amide bonds. The SMILES string of the molecule is CC(=O)Nc1ccc(/C=C/C(=O)OCc2ccc(Oc3cccnc3)cc2)cc1. The van der Waals surface area contributed by atoms with E-state index in [-0.39, 0.29) is 12.5 Å². The first kappa shape index (κ1) is 19.8. The van der Waals surface area contributed by atoms with Crippen molar-refractivity contribution < 1.29 is 19.1 Å². The predicted molar refractivity (Wildman–Crippen MR) is 110 cm³/mol. The van der Waals surface area contributed by atoms with Gasteiger partial charge < -0.3 is 14.8 Å². The first-order chi connectivity index (χ1) is 14.1. The van der Waals surface area contributed by atoms with E-state index in [9.17, 15) is 9.59 Å². The molecule has 2 aromatic carbocycles. The second kappa shape index (κ2) is 9.85. The van der Waals surface area contributed by atoms with Crippen LogP contribution in [0.4, 0.5) is 5.69 Å². The van der Waals surface area contributed by atoms with Gasteiger partial charge in [0.1, 0.15) is 18.1 Å². The summed E-state index contributed by atoms with van der Waals surface area (Å²) in [6, 6.07) is 18.0. The van der Waals surface area contributed by atoms with Crippen molar-refractivity contribution in [1.82, 2.24) is 4.98 Å². The summed E-state index contributed by atoms with van der Waals surface area (Å²) in [7, 11) is 0. The molecule has 0 radical (unpaired) electrons. The summed E-state index contributed by atoms with van der Waals surface area (Å²) in [4.78, 5) is 26.9. The normalized spacial score (nSPS) is 10.5. The lowest BCUT2D eigenvalue weighted by molar-refractivity contribution is -0.138. The largest absolute Gasteiger partial charge is 0.458 e. The summed E-state index contributed by atoms with van der Waals surface area (Å²) in [6.45, 7) is 1.61. The number of nitrogens with one attached hydrogen (secondary N) is 1. The molecule has 3 aromatic rings. The highest BCUT2D eigenvalue weighted by Crippen LogP contribution is 2.20. The number of carbonyl (C=O) groups is 2. The molecule has 0 saturated heterocycles. The van der Waals surface area contributed by atoms with Crippen molar-refractivity contribution >= 4 is 23.6 Å². The molecule has 0 aliphatic heterocycles. The molecule has 0 aliphatic rings. The minimum atomic E-state index is -0.438. The Labute approximate surface area is 168 Å². The fourth-order valence-corrected chi connectivity index (χ4v) is 2.44. The van der Waals surface area contributed by atoms with Crippen molar-refractivity contribution in [3.8, 4) is 11.5 Å². The number of esters is 1. The number of carbonyl (C=O) groups excluding carboxylic acids is 2. The van der Waals surface area contributed by atoms with Gasteiger partial charge >= 0.3 is 5.97 Å². The quantitative estimate of drug-likeness (QED) is 0.473. The van der Waals surface area contributed by atoms with Crippen LogP contribution in [0.1, 0.15) is 18.1 Å². The van der Waals surface area contributed by atoms with Crippen LogP contribution in [0.3, 0.4) is 0 Å². The Morgan fingerprint density at radius 1 is 1.00 bits per heavy atom. The zero-order valence-electron chi connectivity index (χ0n) is 15.9. The van der Waals surface area contributed by atoms with E-state index < -0.39 is 5.97 Å². The van der Waals surface area contributed by atoms with Crippen molar-refractivity contribution in [2.45, 2.75) is 13.5 Å². The molecule has 1 aromatic heterocycles. The van der Waals surface area contributed by atoms with E-state index in [1.807, 2.05) is 30.3 Å². The Hall–Kier alpha value is -3.93. The number of pyridine rings is 1.